The topological polar surface area (TPSA) is 49.8 Å². The number of carbonyl (C=O) groups excluding carboxylic acids is 1. The van der Waals surface area contributed by atoms with Gasteiger partial charge in [0.25, 0.3) is 0 Å². The average molecular weight is 255 g/mol. The van der Waals surface area contributed by atoms with Crippen LogP contribution in [-0.4, -0.2) is 46.6 Å². The van der Waals surface area contributed by atoms with E-state index in [-0.39, 0.29) is 6.54 Å². The molecule has 0 radical (unpaired) electrons. The summed E-state index contributed by atoms with van der Waals surface area (Å²) in [4.78, 5) is 12.1. The van der Waals surface area contributed by atoms with E-state index in [4.69, 9.17) is 4.74 Å². The number of likely N-dealkylation sites (tertiary alicyclic amines) is 1. The molecular weight excluding hydrogens is 239 g/mol. The lowest BCUT2D eigenvalue weighted by atomic mass is 10.2. The Labute approximate surface area is 97.3 Å². The molecule has 0 aromatic heterocycles. The summed E-state index contributed by atoms with van der Waals surface area (Å²) in [5.74, 6) is 0. The van der Waals surface area contributed by atoms with Crippen molar-refractivity contribution in [1.82, 2.24) is 4.90 Å². The predicted octanol–water partition coefficient (Wildman–Crippen LogP) is 1.92. The highest BCUT2D eigenvalue weighted by molar-refractivity contribution is 5.69. The van der Waals surface area contributed by atoms with Gasteiger partial charge < -0.3 is 9.84 Å². The zero-order chi connectivity index (χ0) is 13.4. The van der Waals surface area contributed by atoms with Gasteiger partial charge in [0.2, 0.25) is 0 Å². The van der Waals surface area contributed by atoms with Gasteiger partial charge in [-0.25, -0.2) is 4.79 Å². The summed E-state index contributed by atoms with van der Waals surface area (Å²) in [6.07, 6.45) is -7.25. The number of carbonyl (C=O) groups is 1. The van der Waals surface area contributed by atoms with Crippen LogP contribution in [-0.2, 0) is 4.74 Å². The molecule has 1 aliphatic rings. The molecule has 0 aromatic rings. The van der Waals surface area contributed by atoms with Crippen LogP contribution in [0, 0.1) is 0 Å². The van der Waals surface area contributed by atoms with Crippen molar-refractivity contribution in [2.45, 2.75) is 51.1 Å². The maximum Gasteiger partial charge on any atom is 0.410 e. The van der Waals surface area contributed by atoms with Crippen molar-refractivity contribution in [2.75, 3.05) is 6.54 Å². The van der Waals surface area contributed by atoms with Gasteiger partial charge >= 0.3 is 12.3 Å². The van der Waals surface area contributed by atoms with Crippen molar-refractivity contribution in [1.29, 1.82) is 0 Å². The molecule has 0 saturated carbocycles. The van der Waals surface area contributed by atoms with Gasteiger partial charge in [-0.1, -0.05) is 0 Å². The first-order chi connectivity index (χ1) is 7.50. The highest BCUT2D eigenvalue weighted by Gasteiger charge is 2.51. The van der Waals surface area contributed by atoms with Crippen molar-refractivity contribution in [3.63, 3.8) is 0 Å². The Bertz CT molecular complexity index is 298. The smallest absolute Gasteiger partial charge is 0.410 e. The molecule has 1 rings (SSSR count). The number of hydrogen-bond donors (Lipinski definition) is 1. The minimum atomic E-state index is -4.55. The largest absolute Gasteiger partial charge is 0.444 e. The van der Waals surface area contributed by atoms with Gasteiger partial charge in [0.05, 0.1) is 12.6 Å². The van der Waals surface area contributed by atoms with Crippen molar-refractivity contribution >= 4 is 6.09 Å². The van der Waals surface area contributed by atoms with E-state index in [1.807, 2.05) is 0 Å². The second kappa shape index (κ2) is 4.36. The number of nitrogens with zero attached hydrogens (tertiary/aromatic N) is 1. The number of halogens is 3. The summed E-state index contributed by atoms with van der Waals surface area (Å²) < 4.78 is 42.7. The van der Waals surface area contributed by atoms with Crippen molar-refractivity contribution in [3.05, 3.63) is 0 Å². The standard InChI is InChI=1S/C10H16F3NO3/c1-9(2,3)17-8(16)14-5-6(15)4-7(14)10(11,12)13/h6-7,15H,4-5H2,1-3H3/t6-,7-/m0/s1. The van der Waals surface area contributed by atoms with E-state index in [2.05, 4.69) is 0 Å². The highest BCUT2D eigenvalue weighted by atomic mass is 19.4. The van der Waals surface area contributed by atoms with Gasteiger partial charge in [-0.3, -0.25) is 4.90 Å². The molecule has 1 aliphatic heterocycles. The molecule has 0 bridgehead atoms. The lowest BCUT2D eigenvalue weighted by Gasteiger charge is -2.29. The van der Waals surface area contributed by atoms with E-state index in [1.54, 1.807) is 20.8 Å². The number of hydrogen-bond acceptors (Lipinski definition) is 3. The fourth-order valence-corrected chi connectivity index (χ4v) is 1.65. The quantitative estimate of drug-likeness (QED) is 0.719. The normalized spacial score (nSPS) is 26.2. The van der Waals surface area contributed by atoms with Crippen LogP contribution in [0.3, 0.4) is 0 Å². The molecule has 1 amide bonds. The molecular formula is C10H16F3NO3. The minimum Gasteiger partial charge on any atom is -0.444 e. The summed E-state index contributed by atoms with van der Waals surface area (Å²) in [6, 6.07) is -1.97. The van der Waals surface area contributed by atoms with Gasteiger partial charge in [-0.2, -0.15) is 13.2 Å². The lowest BCUT2D eigenvalue weighted by Crippen LogP contribution is -2.46. The monoisotopic (exact) mass is 255 g/mol. The van der Waals surface area contributed by atoms with Gasteiger partial charge in [0.1, 0.15) is 11.6 Å². The molecule has 7 heteroatoms. The van der Waals surface area contributed by atoms with Crippen LogP contribution in [0.25, 0.3) is 0 Å². The number of aliphatic hydroxyl groups is 1. The Balaban J connectivity index is 2.78. The van der Waals surface area contributed by atoms with E-state index in [9.17, 15) is 23.1 Å². The third-order valence-corrected chi connectivity index (χ3v) is 2.28. The van der Waals surface area contributed by atoms with Crippen molar-refractivity contribution < 1.29 is 27.8 Å². The molecule has 1 fully saturated rings. The second-order valence-corrected chi connectivity index (χ2v) is 5.08. The Morgan fingerprint density at radius 1 is 1.35 bits per heavy atom. The minimum absolute atomic E-state index is 0.348. The molecule has 0 spiro atoms. The average Bonchev–Trinajstić information content (AvgIpc) is 2.43. The Morgan fingerprint density at radius 3 is 2.29 bits per heavy atom. The molecule has 1 N–H and O–H groups in total. The zero-order valence-corrected chi connectivity index (χ0v) is 9.91. The molecule has 17 heavy (non-hydrogen) atoms. The van der Waals surface area contributed by atoms with E-state index in [1.165, 1.54) is 0 Å². The number of amides is 1. The Kier molecular flexibility index (Phi) is 3.61. The molecule has 0 aromatic carbocycles. The molecule has 1 saturated heterocycles. The SMILES string of the molecule is CC(C)(C)OC(=O)N1C[C@@H](O)C[C@H]1C(F)(F)F. The van der Waals surface area contributed by atoms with Crippen LogP contribution in [0.15, 0.2) is 0 Å². The van der Waals surface area contributed by atoms with Crippen molar-refractivity contribution in [2.24, 2.45) is 0 Å². The first-order valence-corrected chi connectivity index (χ1v) is 5.25. The summed E-state index contributed by atoms with van der Waals surface area (Å²) in [5.41, 5.74) is -0.860. The number of alkyl halides is 3. The van der Waals surface area contributed by atoms with Gasteiger partial charge in [-0.05, 0) is 20.8 Å². The highest BCUT2D eigenvalue weighted by Crippen LogP contribution is 2.33. The maximum absolute atomic E-state index is 12.6. The summed E-state index contributed by atoms with van der Waals surface area (Å²) in [5, 5.41) is 9.23. The fourth-order valence-electron chi connectivity index (χ4n) is 1.65. The first-order valence-electron chi connectivity index (χ1n) is 5.25. The summed E-state index contributed by atoms with van der Waals surface area (Å²) >= 11 is 0. The number of β-amino-alcohol motifs (C(OH)–C–C–N with tert-alkyl or cyclic N) is 1. The van der Waals surface area contributed by atoms with E-state index in [0.717, 1.165) is 0 Å². The predicted molar refractivity (Wildman–Crippen MR) is 53.4 cm³/mol. The van der Waals surface area contributed by atoms with E-state index < -0.39 is 36.4 Å². The molecule has 0 aliphatic carbocycles. The third kappa shape index (κ3) is 3.76. The molecule has 0 unspecified atom stereocenters. The summed E-state index contributed by atoms with van der Waals surface area (Å²) in [7, 11) is 0. The van der Waals surface area contributed by atoms with Gasteiger partial charge in [-0.15, -0.1) is 0 Å². The third-order valence-electron chi connectivity index (χ3n) is 2.28. The number of ether oxygens (including phenoxy) is 1. The van der Waals surface area contributed by atoms with E-state index >= 15 is 0 Å². The summed E-state index contributed by atoms with van der Waals surface area (Å²) in [6.45, 7) is 4.36. The molecule has 2 atom stereocenters. The van der Waals surface area contributed by atoms with Crippen LogP contribution in [0.1, 0.15) is 27.2 Å². The number of rotatable bonds is 0. The molecule has 1 heterocycles. The van der Waals surface area contributed by atoms with Crippen LogP contribution < -0.4 is 0 Å². The molecule has 100 valence electrons. The van der Waals surface area contributed by atoms with Crippen LogP contribution in [0.4, 0.5) is 18.0 Å². The first kappa shape index (κ1) is 14.1. The Morgan fingerprint density at radius 2 is 1.88 bits per heavy atom. The van der Waals surface area contributed by atoms with Gasteiger partial charge in [0, 0.05) is 6.42 Å². The van der Waals surface area contributed by atoms with E-state index in [0.29, 0.717) is 4.90 Å². The second-order valence-electron chi connectivity index (χ2n) is 5.08. The molecule has 4 nitrogen and oxygen atoms in total. The Hall–Kier alpha value is -0.980. The maximum atomic E-state index is 12.6. The van der Waals surface area contributed by atoms with Crippen LogP contribution in [0.2, 0.25) is 0 Å². The number of aliphatic hydroxyl groups excluding tert-OH is 1. The van der Waals surface area contributed by atoms with Crippen LogP contribution >= 0.6 is 0 Å². The zero-order valence-electron chi connectivity index (χ0n) is 9.91. The van der Waals surface area contributed by atoms with Crippen LogP contribution in [0.5, 0.6) is 0 Å². The van der Waals surface area contributed by atoms with Gasteiger partial charge in [0.15, 0.2) is 0 Å². The fraction of sp³-hybridized carbons (Fsp3) is 0.900. The van der Waals surface area contributed by atoms with Crippen molar-refractivity contribution in [3.8, 4) is 0 Å². The lowest BCUT2D eigenvalue weighted by molar-refractivity contribution is -0.173.